The molecule has 2 N–H and O–H groups in total. The molecule has 1 aromatic carbocycles. The number of aromatic nitrogens is 2. The van der Waals surface area contributed by atoms with Gasteiger partial charge in [-0.2, -0.15) is 5.10 Å². The molecule has 0 spiro atoms. The van der Waals surface area contributed by atoms with Crippen molar-refractivity contribution in [1.29, 1.82) is 0 Å². The van der Waals surface area contributed by atoms with E-state index >= 15 is 0 Å². The third-order valence-electron chi connectivity index (χ3n) is 3.33. The summed E-state index contributed by atoms with van der Waals surface area (Å²) in [4.78, 5) is 0. The molecule has 0 aliphatic heterocycles. The van der Waals surface area contributed by atoms with Crippen LogP contribution in [0.1, 0.15) is 22.4 Å². The smallest absolute Gasteiger partial charge is 0.0680 e. The van der Waals surface area contributed by atoms with E-state index in [4.69, 9.17) is 5.73 Å². The number of aryl methyl sites for hydroxylation is 1. The van der Waals surface area contributed by atoms with E-state index in [-0.39, 0.29) is 0 Å². The molecule has 90 valence electrons. The summed E-state index contributed by atoms with van der Waals surface area (Å²) in [7, 11) is 0. The van der Waals surface area contributed by atoms with Gasteiger partial charge in [-0.15, -0.1) is 0 Å². The number of nitrogens with two attached hydrogens (primary N) is 1. The molecule has 2 rings (SSSR count). The molecule has 17 heavy (non-hydrogen) atoms. The van der Waals surface area contributed by atoms with E-state index in [1.54, 1.807) is 0 Å². The zero-order chi connectivity index (χ0) is 12.4. The van der Waals surface area contributed by atoms with Crippen LogP contribution in [0, 0.1) is 20.8 Å². The van der Waals surface area contributed by atoms with Gasteiger partial charge in [-0.1, -0.05) is 12.1 Å². The fraction of sp³-hybridized carbons (Fsp3) is 0.357. The molecule has 0 saturated carbocycles. The van der Waals surface area contributed by atoms with Gasteiger partial charge in [0.25, 0.3) is 0 Å². The van der Waals surface area contributed by atoms with E-state index in [2.05, 4.69) is 44.1 Å². The van der Waals surface area contributed by atoms with Crippen molar-refractivity contribution in [1.82, 2.24) is 9.78 Å². The zero-order valence-electron chi connectivity index (χ0n) is 10.7. The van der Waals surface area contributed by atoms with Crippen molar-refractivity contribution >= 4 is 0 Å². The van der Waals surface area contributed by atoms with Crippen molar-refractivity contribution in [3.05, 3.63) is 46.8 Å². The van der Waals surface area contributed by atoms with Gasteiger partial charge >= 0.3 is 0 Å². The van der Waals surface area contributed by atoms with Crippen LogP contribution in [-0.4, -0.2) is 16.3 Å². The standard InChI is InChI=1S/C14H19N3/c1-10-5-4-6-14(11(10)2)17-12(3)13(7-8-15)9-16-17/h4-6,9H,7-8,15H2,1-3H3. The fourth-order valence-electron chi connectivity index (χ4n) is 2.05. The van der Waals surface area contributed by atoms with E-state index in [0.29, 0.717) is 6.54 Å². The quantitative estimate of drug-likeness (QED) is 0.877. The van der Waals surface area contributed by atoms with Gasteiger partial charge in [-0.25, -0.2) is 4.68 Å². The maximum absolute atomic E-state index is 5.59. The van der Waals surface area contributed by atoms with Crippen molar-refractivity contribution in [2.75, 3.05) is 6.54 Å². The summed E-state index contributed by atoms with van der Waals surface area (Å²) < 4.78 is 2.01. The second-order valence-electron chi connectivity index (χ2n) is 4.42. The number of nitrogens with zero attached hydrogens (tertiary/aromatic N) is 2. The maximum atomic E-state index is 5.59. The van der Waals surface area contributed by atoms with Gasteiger partial charge in [0, 0.05) is 5.69 Å². The minimum absolute atomic E-state index is 0.666. The van der Waals surface area contributed by atoms with Gasteiger partial charge in [0.1, 0.15) is 0 Å². The van der Waals surface area contributed by atoms with Gasteiger partial charge in [0.2, 0.25) is 0 Å². The molecule has 0 aliphatic carbocycles. The van der Waals surface area contributed by atoms with Gasteiger partial charge in [-0.3, -0.25) is 0 Å². The van der Waals surface area contributed by atoms with Crippen molar-refractivity contribution in [2.45, 2.75) is 27.2 Å². The zero-order valence-corrected chi connectivity index (χ0v) is 10.7. The summed E-state index contributed by atoms with van der Waals surface area (Å²) in [5.41, 5.74) is 11.7. The van der Waals surface area contributed by atoms with E-state index in [9.17, 15) is 0 Å². The van der Waals surface area contributed by atoms with Gasteiger partial charge < -0.3 is 5.73 Å². The molecule has 0 radical (unpaired) electrons. The molecule has 3 heteroatoms. The van der Waals surface area contributed by atoms with Crippen LogP contribution in [0.25, 0.3) is 5.69 Å². The Bertz CT molecular complexity index is 526. The second-order valence-corrected chi connectivity index (χ2v) is 4.42. The number of benzene rings is 1. The Morgan fingerprint density at radius 2 is 2.00 bits per heavy atom. The highest BCUT2D eigenvalue weighted by Gasteiger charge is 2.09. The highest BCUT2D eigenvalue weighted by Crippen LogP contribution is 2.20. The van der Waals surface area contributed by atoms with Crippen LogP contribution in [0.15, 0.2) is 24.4 Å². The lowest BCUT2D eigenvalue weighted by atomic mass is 10.1. The number of hydrogen-bond donors (Lipinski definition) is 1. The molecule has 0 unspecified atom stereocenters. The van der Waals surface area contributed by atoms with Crippen LogP contribution in [-0.2, 0) is 6.42 Å². The topological polar surface area (TPSA) is 43.8 Å². The first kappa shape index (κ1) is 11.9. The Morgan fingerprint density at radius 1 is 1.24 bits per heavy atom. The van der Waals surface area contributed by atoms with E-state index in [0.717, 1.165) is 12.1 Å². The number of rotatable bonds is 3. The predicted octanol–water partition coefficient (Wildman–Crippen LogP) is 2.30. The first-order valence-electron chi connectivity index (χ1n) is 5.95. The molecular formula is C14H19N3. The molecule has 1 aromatic heterocycles. The van der Waals surface area contributed by atoms with Crippen LogP contribution < -0.4 is 5.73 Å². The molecule has 3 nitrogen and oxygen atoms in total. The fourth-order valence-corrected chi connectivity index (χ4v) is 2.05. The molecule has 0 aliphatic rings. The van der Waals surface area contributed by atoms with Crippen molar-refractivity contribution in [3.8, 4) is 5.69 Å². The SMILES string of the molecule is Cc1cccc(-n2ncc(CCN)c2C)c1C. The molecule has 2 aromatic rings. The minimum Gasteiger partial charge on any atom is -0.330 e. The van der Waals surface area contributed by atoms with Crippen LogP contribution in [0.4, 0.5) is 0 Å². The molecule has 0 amide bonds. The highest BCUT2D eigenvalue weighted by atomic mass is 15.3. The van der Waals surface area contributed by atoms with E-state index in [1.165, 1.54) is 22.4 Å². The normalized spacial score (nSPS) is 10.8. The Balaban J connectivity index is 2.50. The lowest BCUT2D eigenvalue weighted by molar-refractivity contribution is 0.833. The second kappa shape index (κ2) is 4.72. The first-order valence-corrected chi connectivity index (χ1v) is 5.95. The highest BCUT2D eigenvalue weighted by molar-refractivity contribution is 5.45. The maximum Gasteiger partial charge on any atom is 0.0680 e. The molecule has 0 bridgehead atoms. The average Bonchev–Trinajstić information content (AvgIpc) is 2.66. The molecule has 0 saturated heterocycles. The van der Waals surface area contributed by atoms with Crippen LogP contribution >= 0.6 is 0 Å². The average molecular weight is 229 g/mol. The largest absolute Gasteiger partial charge is 0.330 e. The van der Waals surface area contributed by atoms with Gasteiger partial charge in [-0.05, 0) is 56.5 Å². The summed E-state index contributed by atoms with van der Waals surface area (Å²) >= 11 is 0. The summed E-state index contributed by atoms with van der Waals surface area (Å²) in [6.07, 6.45) is 2.81. The third-order valence-corrected chi connectivity index (χ3v) is 3.33. The summed E-state index contributed by atoms with van der Waals surface area (Å²) in [6.45, 7) is 7.02. The Labute approximate surface area is 102 Å². The van der Waals surface area contributed by atoms with Gasteiger partial charge in [0.05, 0.1) is 11.9 Å². The summed E-state index contributed by atoms with van der Waals surface area (Å²) in [6, 6.07) is 6.30. The first-order chi connectivity index (χ1) is 8.15. The lowest BCUT2D eigenvalue weighted by Crippen LogP contribution is -2.05. The third kappa shape index (κ3) is 2.11. The number of hydrogen-bond acceptors (Lipinski definition) is 2. The Kier molecular flexibility index (Phi) is 3.29. The van der Waals surface area contributed by atoms with Crippen LogP contribution in [0.2, 0.25) is 0 Å². The molecular weight excluding hydrogens is 210 g/mol. The molecule has 1 heterocycles. The lowest BCUT2D eigenvalue weighted by Gasteiger charge is -2.10. The van der Waals surface area contributed by atoms with Crippen molar-refractivity contribution in [3.63, 3.8) is 0 Å². The molecule has 0 atom stereocenters. The van der Waals surface area contributed by atoms with Crippen molar-refractivity contribution < 1.29 is 0 Å². The van der Waals surface area contributed by atoms with E-state index < -0.39 is 0 Å². The Hall–Kier alpha value is -1.61. The van der Waals surface area contributed by atoms with E-state index in [1.807, 2.05) is 10.9 Å². The monoisotopic (exact) mass is 229 g/mol. The minimum atomic E-state index is 0.666. The Morgan fingerprint density at radius 3 is 2.71 bits per heavy atom. The predicted molar refractivity (Wildman–Crippen MR) is 70.5 cm³/mol. The summed E-state index contributed by atoms with van der Waals surface area (Å²) in [5, 5.41) is 4.47. The molecule has 0 fully saturated rings. The van der Waals surface area contributed by atoms with Crippen molar-refractivity contribution in [2.24, 2.45) is 5.73 Å². The summed E-state index contributed by atoms with van der Waals surface area (Å²) in [5.74, 6) is 0. The van der Waals surface area contributed by atoms with Crippen LogP contribution in [0.5, 0.6) is 0 Å². The van der Waals surface area contributed by atoms with Gasteiger partial charge in [0.15, 0.2) is 0 Å². The van der Waals surface area contributed by atoms with Crippen LogP contribution in [0.3, 0.4) is 0 Å².